The van der Waals surface area contributed by atoms with E-state index in [1.807, 2.05) is 91.0 Å². The molecule has 0 heterocycles. The van der Waals surface area contributed by atoms with Crippen molar-refractivity contribution in [2.75, 3.05) is 0 Å². The van der Waals surface area contributed by atoms with Gasteiger partial charge in [0, 0.05) is 0 Å². The molecule has 0 radical (unpaired) electrons. The molecule has 0 saturated heterocycles. The number of nitrogens with zero attached hydrogens (tertiary/aromatic N) is 4. The van der Waals surface area contributed by atoms with Crippen LogP contribution in [0.2, 0.25) is 0 Å². The quantitative estimate of drug-likeness (QED) is 0.396. The maximum absolute atomic E-state index is 4.18. The minimum atomic E-state index is 0.298. The van der Waals surface area contributed by atoms with Crippen molar-refractivity contribution >= 4 is 24.6 Å². The molecule has 0 unspecified atom stereocenters. The van der Waals surface area contributed by atoms with Crippen molar-refractivity contribution in [3.05, 3.63) is 108 Å². The van der Waals surface area contributed by atoms with E-state index in [1.165, 1.54) is 0 Å². The number of hydrazone groups is 2. The molecule has 0 spiro atoms. The Morgan fingerprint density at radius 1 is 0.536 bits per heavy atom. The van der Waals surface area contributed by atoms with E-state index in [-0.39, 0.29) is 0 Å². The van der Waals surface area contributed by atoms with Gasteiger partial charge in [-0.1, -0.05) is 91.0 Å². The lowest BCUT2D eigenvalue weighted by Gasteiger charge is -2.02. The van der Waals surface area contributed by atoms with Gasteiger partial charge in [-0.25, -0.2) is 10.9 Å². The summed E-state index contributed by atoms with van der Waals surface area (Å²) in [5.74, 6) is 0.298. The van der Waals surface area contributed by atoms with Crippen LogP contribution in [-0.4, -0.2) is 24.6 Å². The lowest BCUT2D eigenvalue weighted by molar-refractivity contribution is 0.890. The monoisotopic (exact) mass is 368 g/mol. The van der Waals surface area contributed by atoms with Gasteiger partial charge < -0.3 is 0 Å². The number of hydrogen-bond acceptors (Lipinski definition) is 4. The summed E-state index contributed by atoms with van der Waals surface area (Å²) in [6.07, 6.45) is 5.04. The molecule has 6 nitrogen and oxygen atoms in total. The fraction of sp³-hybridized carbons (Fsp3) is 0. The Balaban J connectivity index is 1.67. The summed E-state index contributed by atoms with van der Waals surface area (Å²) in [6.45, 7) is 0. The number of rotatable bonds is 6. The lowest BCUT2D eigenvalue weighted by atomic mass is 10.2. The third-order valence-corrected chi connectivity index (χ3v) is 3.53. The fourth-order valence-corrected chi connectivity index (χ4v) is 2.18. The minimum absolute atomic E-state index is 0.298. The van der Waals surface area contributed by atoms with E-state index in [9.17, 15) is 0 Å². The van der Waals surface area contributed by atoms with Crippen molar-refractivity contribution in [2.24, 2.45) is 20.4 Å². The molecule has 0 aliphatic heterocycles. The van der Waals surface area contributed by atoms with Crippen LogP contribution in [0.4, 0.5) is 0 Å². The van der Waals surface area contributed by atoms with E-state index in [4.69, 9.17) is 0 Å². The fourth-order valence-electron chi connectivity index (χ4n) is 2.18. The molecule has 28 heavy (non-hydrogen) atoms. The molecule has 0 atom stereocenters. The zero-order valence-electron chi connectivity index (χ0n) is 15.2. The van der Waals surface area contributed by atoms with Crippen molar-refractivity contribution in [3.8, 4) is 0 Å². The van der Waals surface area contributed by atoms with Crippen LogP contribution in [0.15, 0.2) is 111 Å². The smallest absolute Gasteiger partial charge is 0.244 e. The van der Waals surface area contributed by atoms with Gasteiger partial charge in [0.25, 0.3) is 5.96 Å². The summed E-state index contributed by atoms with van der Waals surface area (Å²) in [4.78, 5) is 0. The third-order valence-electron chi connectivity index (χ3n) is 3.53. The molecule has 0 bridgehead atoms. The summed E-state index contributed by atoms with van der Waals surface area (Å²) >= 11 is 0. The van der Waals surface area contributed by atoms with Crippen LogP contribution in [0.1, 0.15) is 16.7 Å². The molecule has 6 heteroatoms. The maximum Gasteiger partial charge on any atom is 0.257 e. The first kappa shape index (κ1) is 18.7. The predicted molar refractivity (Wildman–Crippen MR) is 116 cm³/mol. The number of nitrogens with one attached hydrogen (secondary N) is 2. The van der Waals surface area contributed by atoms with E-state index in [0.29, 0.717) is 5.96 Å². The van der Waals surface area contributed by atoms with E-state index in [1.54, 1.807) is 18.6 Å². The largest absolute Gasteiger partial charge is 0.257 e. The van der Waals surface area contributed by atoms with Gasteiger partial charge in [0.15, 0.2) is 0 Å². The van der Waals surface area contributed by atoms with Crippen LogP contribution in [0.3, 0.4) is 0 Å². The van der Waals surface area contributed by atoms with Crippen LogP contribution in [0.25, 0.3) is 0 Å². The summed E-state index contributed by atoms with van der Waals surface area (Å²) in [6, 6.07) is 29.2. The van der Waals surface area contributed by atoms with Crippen LogP contribution in [0.5, 0.6) is 0 Å². The molecule has 0 aliphatic rings. The Labute approximate surface area is 164 Å². The van der Waals surface area contributed by atoms with Gasteiger partial charge in [0.05, 0.1) is 18.6 Å². The molecule has 0 amide bonds. The summed E-state index contributed by atoms with van der Waals surface area (Å²) in [5, 5.41) is 16.6. The van der Waals surface area contributed by atoms with Crippen LogP contribution in [-0.2, 0) is 0 Å². The van der Waals surface area contributed by atoms with Crippen LogP contribution in [0, 0.1) is 0 Å². The Morgan fingerprint density at radius 3 is 1.36 bits per heavy atom. The summed E-state index contributed by atoms with van der Waals surface area (Å²) in [7, 11) is 0. The normalized spacial score (nSPS) is 11.1. The number of benzene rings is 3. The molecule has 3 aromatic carbocycles. The van der Waals surface area contributed by atoms with Gasteiger partial charge in [-0.15, -0.1) is 5.10 Å². The number of guanidine groups is 1. The van der Waals surface area contributed by atoms with Crippen molar-refractivity contribution in [3.63, 3.8) is 0 Å². The second-order valence-electron chi connectivity index (χ2n) is 5.67. The van der Waals surface area contributed by atoms with Crippen LogP contribution >= 0.6 is 0 Å². The van der Waals surface area contributed by atoms with Crippen molar-refractivity contribution in [1.82, 2.24) is 10.9 Å². The van der Waals surface area contributed by atoms with Gasteiger partial charge in [0.2, 0.25) is 0 Å². The third kappa shape index (κ3) is 6.68. The second-order valence-corrected chi connectivity index (χ2v) is 5.67. The average molecular weight is 368 g/mol. The second kappa shape index (κ2) is 10.8. The van der Waals surface area contributed by atoms with E-state index in [2.05, 4.69) is 31.3 Å². The van der Waals surface area contributed by atoms with Crippen molar-refractivity contribution in [2.45, 2.75) is 0 Å². The molecular formula is C22H20N6. The Bertz CT molecular complexity index is 895. The van der Waals surface area contributed by atoms with Gasteiger partial charge >= 0.3 is 0 Å². The summed E-state index contributed by atoms with van der Waals surface area (Å²) in [5.41, 5.74) is 8.53. The van der Waals surface area contributed by atoms with E-state index in [0.717, 1.165) is 16.7 Å². The average Bonchev–Trinajstić information content (AvgIpc) is 2.76. The Kier molecular flexibility index (Phi) is 7.24. The molecular weight excluding hydrogens is 348 g/mol. The highest BCUT2D eigenvalue weighted by Gasteiger charge is 1.94. The molecule has 138 valence electrons. The lowest BCUT2D eigenvalue weighted by Crippen LogP contribution is -2.30. The highest BCUT2D eigenvalue weighted by atomic mass is 15.5. The zero-order valence-corrected chi connectivity index (χ0v) is 15.2. The molecule has 2 N–H and O–H groups in total. The van der Waals surface area contributed by atoms with Gasteiger partial charge in [-0.3, -0.25) is 0 Å². The first-order valence-electron chi connectivity index (χ1n) is 8.74. The Morgan fingerprint density at radius 2 is 0.929 bits per heavy atom. The standard InChI is InChI=1S/C22H20N6/c1-4-10-19(11-5-1)16-23-26-22(27-24-17-20-12-6-2-7-13-20)28-25-18-21-14-8-3-9-15-21/h1-18H,(H2,26,27,28)/b23-16-,24-17-,25-18-. The first-order valence-corrected chi connectivity index (χ1v) is 8.74. The highest BCUT2D eigenvalue weighted by molar-refractivity contribution is 5.86. The maximum atomic E-state index is 4.18. The van der Waals surface area contributed by atoms with Gasteiger partial charge in [-0.2, -0.15) is 15.3 Å². The molecule has 3 aromatic rings. The number of hydrogen-bond donors (Lipinski definition) is 2. The topological polar surface area (TPSA) is 73.5 Å². The predicted octanol–water partition coefficient (Wildman–Crippen LogP) is 3.62. The minimum Gasteiger partial charge on any atom is -0.244 e. The van der Waals surface area contributed by atoms with Crippen molar-refractivity contribution in [1.29, 1.82) is 0 Å². The Hall–Kier alpha value is -4.06. The molecule has 0 saturated carbocycles. The molecule has 3 rings (SSSR count). The molecule has 0 aromatic heterocycles. The summed E-state index contributed by atoms with van der Waals surface area (Å²) < 4.78 is 0. The van der Waals surface area contributed by atoms with Crippen molar-refractivity contribution < 1.29 is 0 Å². The van der Waals surface area contributed by atoms with Gasteiger partial charge in [-0.05, 0) is 16.7 Å². The van der Waals surface area contributed by atoms with E-state index < -0.39 is 0 Å². The first-order chi connectivity index (χ1) is 13.9. The zero-order chi connectivity index (χ0) is 19.3. The molecule has 0 fully saturated rings. The molecule has 0 aliphatic carbocycles. The van der Waals surface area contributed by atoms with Gasteiger partial charge in [0.1, 0.15) is 0 Å². The highest BCUT2D eigenvalue weighted by Crippen LogP contribution is 1.95. The van der Waals surface area contributed by atoms with Crippen LogP contribution < -0.4 is 10.9 Å². The SMILES string of the molecule is C(=N/N=C(N/N=C\c1ccccc1)N/N=C\c1ccccc1)/c1ccccc1. The van der Waals surface area contributed by atoms with E-state index >= 15 is 0 Å².